The first-order chi connectivity index (χ1) is 22.3. The highest BCUT2D eigenvalue weighted by atomic mass is 35.5. The number of nitrogens with two attached hydrogens (primary N) is 1. The molecular weight excluding hydrogens is 637 g/mol. The van der Waals surface area contributed by atoms with Crippen LogP contribution in [0.4, 0.5) is 24.8 Å². The molecule has 0 aliphatic carbocycles. The number of hydrogen-bond acceptors (Lipinski definition) is 8. The summed E-state index contributed by atoms with van der Waals surface area (Å²) in [6, 6.07) is 6.62. The summed E-state index contributed by atoms with van der Waals surface area (Å²) in [4.78, 5) is 43.6. The number of halogens is 4. The Morgan fingerprint density at radius 1 is 1.17 bits per heavy atom. The van der Waals surface area contributed by atoms with E-state index in [1.807, 2.05) is 4.90 Å². The summed E-state index contributed by atoms with van der Waals surface area (Å²) in [5, 5.41) is 2.71. The van der Waals surface area contributed by atoms with Gasteiger partial charge in [0.2, 0.25) is 5.91 Å². The van der Waals surface area contributed by atoms with Gasteiger partial charge in [-0.1, -0.05) is 11.6 Å². The average Bonchev–Trinajstić information content (AvgIpc) is 3.44. The van der Waals surface area contributed by atoms with Crippen LogP contribution in [0.1, 0.15) is 61.3 Å². The largest absolute Gasteiger partial charge is 0.493 e. The highest BCUT2D eigenvalue weighted by Gasteiger charge is 2.40. The van der Waals surface area contributed by atoms with Crippen LogP contribution in [0, 0.1) is 0 Å². The molecule has 248 valence electrons. The van der Waals surface area contributed by atoms with E-state index < -0.39 is 17.6 Å². The number of alkyl halides is 3. The third kappa shape index (κ3) is 6.31. The second-order valence-corrected chi connectivity index (χ2v) is 12.4. The molecule has 0 bridgehead atoms. The highest BCUT2D eigenvalue weighted by molar-refractivity contribution is 6.30. The Morgan fingerprint density at radius 3 is 2.68 bits per heavy atom. The standard InChI is InChI=1S/C32H34ClF3N8O3/c1-4-47-23-11-18(31(46)40-25-12-20(9-10-38-25)32(34,35)36)6-8-22(23)27-28-29(37)39-13-24(33)44(28)30(41-27)19-5-7-21-15-42(17(2)3)16-26(45)43(21)14-19/h6,8-13,17,19,21H,4-5,7,14-16H2,1-3H3,(H2,37,39)(H,38,40,46)/t19-,21+/m1/s1. The second-order valence-electron chi connectivity index (χ2n) is 12.0. The van der Waals surface area contributed by atoms with Gasteiger partial charge in [0.15, 0.2) is 0 Å². The Bertz CT molecular complexity index is 1850. The third-order valence-corrected chi connectivity index (χ3v) is 8.97. The fourth-order valence-electron chi connectivity index (χ4n) is 6.32. The van der Waals surface area contributed by atoms with Crippen LogP contribution in [-0.4, -0.2) is 79.3 Å². The lowest BCUT2D eigenvalue weighted by atomic mass is 9.90. The molecule has 0 radical (unpaired) electrons. The number of pyridine rings is 1. The number of nitrogen functional groups attached to an aromatic ring is 1. The molecule has 3 aromatic heterocycles. The molecule has 2 saturated heterocycles. The van der Waals surface area contributed by atoms with Gasteiger partial charge in [-0.3, -0.25) is 18.9 Å². The quantitative estimate of drug-likeness (QED) is 0.264. The number of rotatable bonds is 7. The van der Waals surface area contributed by atoms with Crippen LogP contribution in [0.15, 0.2) is 42.7 Å². The first kappa shape index (κ1) is 32.5. The topological polar surface area (TPSA) is 131 Å². The van der Waals surface area contributed by atoms with Gasteiger partial charge in [0.05, 0.1) is 24.9 Å². The molecule has 47 heavy (non-hydrogen) atoms. The van der Waals surface area contributed by atoms with Crippen molar-refractivity contribution in [3.05, 3.63) is 64.8 Å². The maximum absolute atomic E-state index is 13.2. The summed E-state index contributed by atoms with van der Waals surface area (Å²) in [6.45, 7) is 7.88. The lowest BCUT2D eigenvalue weighted by molar-refractivity contribution is -0.143. The van der Waals surface area contributed by atoms with Crippen molar-refractivity contribution in [2.45, 2.75) is 57.8 Å². The smallest absolute Gasteiger partial charge is 0.416 e. The van der Waals surface area contributed by atoms with Crippen molar-refractivity contribution in [3.63, 3.8) is 0 Å². The molecule has 0 spiro atoms. The van der Waals surface area contributed by atoms with Crippen molar-refractivity contribution in [2.75, 3.05) is 37.3 Å². The maximum Gasteiger partial charge on any atom is 0.416 e. The number of nitrogens with zero attached hydrogens (tertiary/aromatic N) is 6. The number of imidazole rings is 1. The molecule has 3 N–H and O–H groups in total. The van der Waals surface area contributed by atoms with Gasteiger partial charge in [-0.05, 0) is 63.9 Å². The molecule has 6 rings (SSSR count). The van der Waals surface area contributed by atoms with Crippen molar-refractivity contribution in [1.29, 1.82) is 0 Å². The molecule has 2 fully saturated rings. The van der Waals surface area contributed by atoms with E-state index in [1.165, 1.54) is 18.3 Å². The molecule has 2 amide bonds. The average molecular weight is 671 g/mol. The number of carbonyl (C=O) groups excluding carboxylic acids is 2. The van der Waals surface area contributed by atoms with E-state index in [-0.39, 0.29) is 47.7 Å². The monoisotopic (exact) mass is 670 g/mol. The summed E-state index contributed by atoms with van der Waals surface area (Å²) in [5.74, 6) is 0.131. The first-order valence-corrected chi connectivity index (χ1v) is 15.7. The molecule has 2 aliphatic rings. The number of carbonyl (C=O) groups is 2. The summed E-state index contributed by atoms with van der Waals surface area (Å²) >= 11 is 6.72. The predicted molar refractivity (Wildman–Crippen MR) is 170 cm³/mol. The number of ether oxygens (including phenoxy) is 1. The summed E-state index contributed by atoms with van der Waals surface area (Å²) in [5.41, 5.74) is 7.00. The summed E-state index contributed by atoms with van der Waals surface area (Å²) in [7, 11) is 0. The molecule has 15 heteroatoms. The normalized spacial score (nSPS) is 18.9. The number of fused-ring (bicyclic) bond motifs is 2. The maximum atomic E-state index is 13.2. The highest BCUT2D eigenvalue weighted by Crippen LogP contribution is 2.41. The zero-order valence-electron chi connectivity index (χ0n) is 26.0. The number of piperazine rings is 1. The molecule has 2 aliphatic heterocycles. The Kier molecular flexibility index (Phi) is 8.74. The SMILES string of the molecule is CCOc1cc(C(=O)Nc2cc(C(F)(F)F)ccn2)ccc1-c1nc([C@@H]2CC[C@H]3CN(C(C)C)CC(=O)N3C2)n2c(Cl)cnc(N)c12. The zero-order valence-corrected chi connectivity index (χ0v) is 26.8. The molecule has 1 aromatic carbocycles. The second kappa shape index (κ2) is 12.6. The number of aromatic nitrogens is 4. The van der Waals surface area contributed by atoms with Crippen LogP contribution in [0.5, 0.6) is 5.75 Å². The van der Waals surface area contributed by atoms with Crippen LogP contribution in [-0.2, 0) is 11.0 Å². The lowest BCUT2D eigenvalue weighted by Gasteiger charge is -2.46. The molecule has 11 nitrogen and oxygen atoms in total. The molecule has 5 heterocycles. The Morgan fingerprint density at radius 2 is 1.96 bits per heavy atom. The minimum Gasteiger partial charge on any atom is -0.493 e. The number of nitrogens with one attached hydrogen (secondary N) is 1. The fraction of sp³-hybridized carbons (Fsp3) is 0.406. The molecule has 2 atom stereocenters. The van der Waals surface area contributed by atoms with Gasteiger partial charge in [-0.15, -0.1) is 0 Å². The Hall–Kier alpha value is -4.43. The van der Waals surface area contributed by atoms with Gasteiger partial charge in [0, 0.05) is 48.4 Å². The van der Waals surface area contributed by atoms with Gasteiger partial charge in [-0.25, -0.2) is 15.0 Å². The van der Waals surface area contributed by atoms with Crippen molar-refractivity contribution in [3.8, 4) is 17.0 Å². The van der Waals surface area contributed by atoms with Gasteiger partial charge < -0.3 is 20.7 Å². The van der Waals surface area contributed by atoms with Crippen LogP contribution in [0.2, 0.25) is 5.15 Å². The number of piperidine rings is 1. The lowest BCUT2D eigenvalue weighted by Crippen LogP contribution is -2.60. The van der Waals surface area contributed by atoms with Crippen molar-refractivity contribution >= 4 is 40.6 Å². The van der Waals surface area contributed by atoms with Gasteiger partial charge >= 0.3 is 6.18 Å². The van der Waals surface area contributed by atoms with E-state index in [0.717, 1.165) is 37.7 Å². The third-order valence-electron chi connectivity index (χ3n) is 8.70. The van der Waals surface area contributed by atoms with Gasteiger partial charge in [0.1, 0.15) is 39.6 Å². The van der Waals surface area contributed by atoms with Crippen molar-refractivity contribution < 1.29 is 27.5 Å². The molecule has 4 aromatic rings. The Balaban J connectivity index is 1.35. The first-order valence-electron chi connectivity index (χ1n) is 15.3. The van der Waals surface area contributed by atoms with E-state index in [0.29, 0.717) is 46.6 Å². The molecule has 0 saturated carbocycles. The molecule has 0 unspecified atom stereocenters. The van der Waals surface area contributed by atoms with E-state index in [9.17, 15) is 22.8 Å². The van der Waals surface area contributed by atoms with Crippen molar-refractivity contribution in [1.82, 2.24) is 29.2 Å². The number of benzene rings is 1. The van der Waals surface area contributed by atoms with Gasteiger partial charge in [-0.2, -0.15) is 13.2 Å². The fourth-order valence-corrected chi connectivity index (χ4v) is 6.54. The van der Waals surface area contributed by atoms with Crippen LogP contribution < -0.4 is 15.8 Å². The van der Waals surface area contributed by atoms with Gasteiger partial charge in [0.25, 0.3) is 5.91 Å². The molecular formula is C32H34ClF3N8O3. The van der Waals surface area contributed by atoms with E-state index >= 15 is 0 Å². The summed E-state index contributed by atoms with van der Waals surface area (Å²) in [6.07, 6.45) is -0.577. The minimum atomic E-state index is -4.59. The number of anilines is 2. The predicted octanol–water partition coefficient (Wildman–Crippen LogP) is 5.50. The van der Waals surface area contributed by atoms with Crippen LogP contribution >= 0.6 is 11.6 Å². The van der Waals surface area contributed by atoms with E-state index in [1.54, 1.807) is 17.4 Å². The Labute approximate surface area is 273 Å². The van der Waals surface area contributed by atoms with Crippen LogP contribution in [0.25, 0.3) is 16.8 Å². The number of amides is 2. The minimum absolute atomic E-state index is 0.0841. The van der Waals surface area contributed by atoms with E-state index in [4.69, 9.17) is 27.1 Å². The zero-order chi connectivity index (χ0) is 33.6. The van der Waals surface area contributed by atoms with Crippen LogP contribution in [0.3, 0.4) is 0 Å². The van der Waals surface area contributed by atoms with Crippen molar-refractivity contribution in [2.24, 2.45) is 0 Å². The summed E-state index contributed by atoms with van der Waals surface area (Å²) < 4.78 is 47.2. The number of hydrogen-bond donors (Lipinski definition) is 2. The van der Waals surface area contributed by atoms with E-state index in [2.05, 4.69) is 34.0 Å².